The van der Waals surface area contributed by atoms with Crippen LogP contribution in [0.1, 0.15) is 20.3 Å². The average Bonchev–Trinajstić information content (AvgIpc) is 1.83. The molecule has 1 unspecified atom stereocenters. The Hall–Kier alpha value is -0.620. The Balaban J connectivity index is 4.69. The first-order valence-corrected chi connectivity index (χ1v) is 5.39. The molecule has 0 heterocycles. The SMILES string of the molecule is CCC(C)(NS(C)(=O)=O)C(N)=O. The summed E-state index contributed by atoms with van der Waals surface area (Å²) in [6, 6.07) is 0. The van der Waals surface area contributed by atoms with Gasteiger partial charge in [-0.2, -0.15) is 0 Å². The Morgan fingerprint density at radius 3 is 2.08 bits per heavy atom. The number of nitrogens with two attached hydrogens (primary N) is 1. The number of hydrogen-bond acceptors (Lipinski definition) is 3. The summed E-state index contributed by atoms with van der Waals surface area (Å²) in [5.41, 5.74) is 3.85. The maximum Gasteiger partial charge on any atom is 0.238 e. The average molecular weight is 194 g/mol. The highest BCUT2D eigenvalue weighted by atomic mass is 32.2. The van der Waals surface area contributed by atoms with Gasteiger partial charge >= 0.3 is 0 Å². The van der Waals surface area contributed by atoms with E-state index in [1.54, 1.807) is 6.92 Å². The van der Waals surface area contributed by atoms with Gasteiger partial charge in [0.1, 0.15) is 5.54 Å². The van der Waals surface area contributed by atoms with Crippen LogP contribution in [0.3, 0.4) is 0 Å². The van der Waals surface area contributed by atoms with Crippen LogP contribution in [-0.4, -0.2) is 26.1 Å². The van der Waals surface area contributed by atoms with Crippen molar-refractivity contribution < 1.29 is 13.2 Å². The van der Waals surface area contributed by atoms with E-state index >= 15 is 0 Å². The summed E-state index contributed by atoms with van der Waals surface area (Å²) in [4.78, 5) is 10.8. The summed E-state index contributed by atoms with van der Waals surface area (Å²) in [6.07, 6.45) is 1.32. The number of carbonyl (C=O) groups excluding carboxylic acids is 1. The fraction of sp³-hybridized carbons (Fsp3) is 0.833. The summed E-state index contributed by atoms with van der Waals surface area (Å²) in [5, 5.41) is 0. The van der Waals surface area contributed by atoms with Crippen LogP contribution in [-0.2, 0) is 14.8 Å². The highest BCUT2D eigenvalue weighted by molar-refractivity contribution is 7.88. The third-order valence-corrected chi connectivity index (χ3v) is 2.48. The first-order chi connectivity index (χ1) is 5.21. The molecule has 0 bridgehead atoms. The Bertz CT molecular complexity index is 273. The molecule has 1 atom stereocenters. The molecule has 0 saturated carbocycles. The lowest BCUT2D eigenvalue weighted by Crippen LogP contribution is -2.54. The lowest BCUT2D eigenvalue weighted by molar-refractivity contribution is -0.123. The monoisotopic (exact) mass is 194 g/mol. The minimum absolute atomic E-state index is 0.329. The van der Waals surface area contributed by atoms with Gasteiger partial charge in [0.2, 0.25) is 15.9 Å². The molecule has 0 radical (unpaired) electrons. The van der Waals surface area contributed by atoms with E-state index in [1.807, 2.05) is 0 Å². The van der Waals surface area contributed by atoms with Crippen molar-refractivity contribution in [2.75, 3.05) is 6.26 Å². The predicted octanol–water partition coefficient (Wildman–Crippen LogP) is -0.810. The highest BCUT2D eigenvalue weighted by Gasteiger charge is 2.31. The first-order valence-electron chi connectivity index (χ1n) is 3.50. The second kappa shape index (κ2) is 3.40. The Labute approximate surface area is 72.4 Å². The van der Waals surface area contributed by atoms with Crippen molar-refractivity contribution in [1.29, 1.82) is 0 Å². The zero-order valence-corrected chi connectivity index (χ0v) is 8.23. The smallest absolute Gasteiger partial charge is 0.238 e. The molecule has 1 amide bonds. The Morgan fingerprint density at radius 2 is 2.00 bits per heavy atom. The quantitative estimate of drug-likeness (QED) is 0.613. The minimum Gasteiger partial charge on any atom is -0.368 e. The van der Waals surface area contributed by atoms with Crippen LogP contribution in [0, 0.1) is 0 Å². The molecule has 0 rings (SSSR count). The Kier molecular flexibility index (Phi) is 3.23. The Morgan fingerprint density at radius 1 is 1.58 bits per heavy atom. The van der Waals surface area contributed by atoms with Crippen molar-refractivity contribution in [3.8, 4) is 0 Å². The first kappa shape index (κ1) is 11.4. The molecule has 12 heavy (non-hydrogen) atoms. The normalized spacial score (nSPS) is 16.9. The van der Waals surface area contributed by atoms with E-state index in [1.165, 1.54) is 6.92 Å². The summed E-state index contributed by atoms with van der Waals surface area (Å²) < 4.78 is 23.8. The van der Waals surface area contributed by atoms with Gasteiger partial charge in [0.15, 0.2) is 0 Å². The van der Waals surface area contributed by atoms with Crippen LogP contribution in [0.5, 0.6) is 0 Å². The molecule has 3 N–H and O–H groups in total. The molecule has 5 nitrogen and oxygen atoms in total. The summed E-state index contributed by atoms with van der Waals surface area (Å²) in [5.74, 6) is -0.671. The molecule has 6 heteroatoms. The van der Waals surface area contributed by atoms with Crippen molar-refractivity contribution in [2.45, 2.75) is 25.8 Å². The van der Waals surface area contributed by atoms with Gasteiger partial charge in [-0.1, -0.05) is 6.92 Å². The standard InChI is InChI=1S/C6H14N2O3S/c1-4-6(2,5(7)9)8-12(3,10)11/h8H,4H2,1-3H3,(H2,7,9). The number of primary amides is 1. The third kappa shape index (κ3) is 3.19. The molecule has 0 aliphatic rings. The van der Waals surface area contributed by atoms with Crippen LogP contribution >= 0.6 is 0 Å². The van der Waals surface area contributed by atoms with Crippen molar-refractivity contribution in [1.82, 2.24) is 4.72 Å². The maximum absolute atomic E-state index is 10.8. The molecule has 0 aromatic heterocycles. The molecule has 72 valence electrons. The van der Waals surface area contributed by atoms with E-state index in [9.17, 15) is 13.2 Å². The molecular formula is C6H14N2O3S. The zero-order valence-electron chi connectivity index (χ0n) is 7.42. The number of amides is 1. The summed E-state index contributed by atoms with van der Waals surface area (Å²) >= 11 is 0. The van der Waals surface area contributed by atoms with E-state index < -0.39 is 21.5 Å². The fourth-order valence-electron chi connectivity index (χ4n) is 0.706. The van der Waals surface area contributed by atoms with Gasteiger partial charge in [0.25, 0.3) is 0 Å². The second-order valence-corrected chi connectivity index (χ2v) is 4.67. The van der Waals surface area contributed by atoms with Gasteiger partial charge < -0.3 is 5.73 Å². The molecule has 0 aliphatic carbocycles. The van der Waals surface area contributed by atoms with Gasteiger partial charge in [-0.15, -0.1) is 0 Å². The number of nitrogens with one attached hydrogen (secondary N) is 1. The van der Waals surface area contributed by atoms with Gasteiger partial charge in [-0.3, -0.25) is 4.79 Å². The fourth-order valence-corrected chi connectivity index (χ4v) is 1.77. The van der Waals surface area contributed by atoms with Crippen molar-refractivity contribution in [3.63, 3.8) is 0 Å². The molecule has 0 aromatic rings. The van der Waals surface area contributed by atoms with Gasteiger partial charge in [0.05, 0.1) is 6.26 Å². The van der Waals surface area contributed by atoms with Gasteiger partial charge in [-0.25, -0.2) is 13.1 Å². The van der Waals surface area contributed by atoms with E-state index in [4.69, 9.17) is 5.73 Å². The summed E-state index contributed by atoms with van der Waals surface area (Å²) in [6.45, 7) is 3.14. The molecule has 0 aliphatic heterocycles. The van der Waals surface area contributed by atoms with Crippen LogP contribution in [0.2, 0.25) is 0 Å². The van der Waals surface area contributed by atoms with Gasteiger partial charge in [-0.05, 0) is 13.3 Å². The van der Waals surface area contributed by atoms with E-state index in [2.05, 4.69) is 4.72 Å². The molecular weight excluding hydrogens is 180 g/mol. The largest absolute Gasteiger partial charge is 0.368 e. The van der Waals surface area contributed by atoms with Crippen LogP contribution in [0.4, 0.5) is 0 Å². The van der Waals surface area contributed by atoms with Crippen molar-refractivity contribution in [3.05, 3.63) is 0 Å². The number of rotatable bonds is 4. The number of sulfonamides is 1. The lowest BCUT2D eigenvalue weighted by Gasteiger charge is -2.24. The maximum atomic E-state index is 10.8. The van der Waals surface area contributed by atoms with Crippen LogP contribution in [0.25, 0.3) is 0 Å². The minimum atomic E-state index is -3.39. The third-order valence-electron chi connectivity index (χ3n) is 1.66. The second-order valence-electron chi connectivity index (χ2n) is 2.92. The van der Waals surface area contributed by atoms with E-state index in [0.29, 0.717) is 6.42 Å². The lowest BCUT2D eigenvalue weighted by atomic mass is 10.0. The van der Waals surface area contributed by atoms with Crippen LogP contribution in [0.15, 0.2) is 0 Å². The molecule has 0 fully saturated rings. The molecule has 0 aromatic carbocycles. The predicted molar refractivity (Wildman–Crippen MR) is 45.9 cm³/mol. The molecule has 0 saturated heterocycles. The van der Waals surface area contributed by atoms with Crippen LogP contribution < -0.4 is 10.5 Å². The summed E-state index contributed by atoms with van der Waals surface area (Å²) in [7, 11) is -3.39. The van der Waals surface area contributed by atoms with E-state index in [0.717, 1.165) is 6.26 Å². The highest BCUT2D eigenvalue weighted by Crippen LogP contribution is 2.08. The van der Waals surface area contributed by atoms with Crippen molar-refractivity contribution in [2.24, 2.45) is 5.73 Å². The molecule has 0 spiro atoms. The number of carbonyl (C=O) groups is 1. The number of hydrogen-bond donors (Lipinski definition) is 2. The topological polar surface area (TPSA) is 89.3 Å². The van der Waals surface area contributed by atoms with E-state index in [-0.39, 0.29) is 0 Å². The van der Waals surface area contributed by atoms with Crippen molar-refractivity contribution >= 4 is 15.9 Å². The zero-order chi connectivity index (χ0) is 9.99. The van der Waals surface area contributed by atoms with Gasteiger partial charge in [0, 0.05) is 0 Å².